The number of aryl methyl sites for hydroxylation is 2. The molecule has 0 atom stereocenters. The number of halogens is 2. The summed E-state index contributed by atoms with van der Waals surface area (Å²) in [5.74, 6) is 0. The average molecular weight is 500 g/mol. The first kappa shape index (κ1) is 25.9. The minimum absolute atomic E-state index is 0. The molecule has 152 valence electrons. The van der Waals surface area contributed by atoms with Crippen LogP contribution < -0.4 is 11.5 Å². The van der Waals surface area contributed by atoms with Gasteiger partial charge >= 0.3 is 16.5 Å². The number of anilines is 2. The Morgan fingerprint density at radius 3 is 1.22 bits per heavy atom. The van der Waals surface area contributed by atoms with Crippen molar-refractivity contribution in [2.24, 2.45) is 0 Å². The van der Waals surface area contributed by atoms with Crippen molar-refractivity contribution < 1.29 is 42.4 Å². The summed E-state index contributed by atoms with van der Waals surface area (Å²) >= 11 is 11.2. The van der Waals surface area contributed by atoms with Crippen molar-refractivity contribution >= 4 is 54.8 Å². The Balaban J connectivity index is 0.000000483. The van der Waals surface area contributed by atoms with Gasteiger partial charge in [-0.15, -0.1) is 0 Å². The van der Waals surface area contributed by atoms with Crippen LogP contribution in [0.4, 0.5) is 11.4 Å². The number of hydrogen-bond donors (Lipinski definition) is 2. The van der Waals surface area contributed by atoms with Crippen LogP contribution in [0.15, 0.2) is 34.1 Å². The van der Waals surface area contributed by atoms with Crippen LogP contribution in [0.25, 0.3) is 0 Å². The van der Waals surface area contributed by atoms with Gasteiger partial charge in [-0.05, 0) is 49.2 Å². The first-order valence-corrected chi connectivity index (χ1v) is 10.2. The number of hydrogen-bond acceptors (Lipinski definition) is 8. The van der Waals surface area contributed by atoms with Gasteiger partial charge in [0.25, 0.3) is 0 Å². The van der Waals surface area contributed by atoms with Crippen molar-refractivity contribution in [3.8, 4) is 0 Å². The predicted octanol–water partition coefficient (Wildman–Crippen LogP) is 2.27. The quantitative estimate of drug-likeness (QED) is 0.360. The van der Waals surface area contributed by atoms with Gasteiger partial charge in [0.1, 0.15) is 20.2 Å². The minimum atomic E-state index is -4.54. The molecule has 0 radical (unpaired) electrons. The Hall–Kier alpha value is -1.07. The molecule has 0 amide bonds. The Morgan fingerprint density at radius 1 is 0.741 bits per heavy atom. The summed E-state index contributed by atoms with van der Waals surface area (Å²) in [5.41, 5.74) is 12.1. The van der Waals surface area contributed by atoms with Gasteiger partial charge in [0.15, 0.2) is 0 Å². The Bertz CT molecular complexity index is 974. The molecule has 0 saturated heterocycles. The molecule has 0 heterocycles. The van der Waals surface area contributed by atoms with Crippen LogP contribution in [0.1, 0.15) is 11.1 Å². The zero-order chi connectivity index (χ0) is 20.4. The third kappa shape index (κ3) is 7.11. The topological polar surface area (TPSA) is 166 Å². The van der Waals surface area contributed by atoms with E-state index in [0.29, 0.717) is 11.1 Å². The standard InChI is InChI=1S/2C7H8ClNO3S.Ni/c2*1-4-2-5(9)3-6(7(4)8)13(10,11)12;/h2*2-3H,9H2,1H3,(H,10,11,12);/q;;+2/p-2. The summed E-state index contributed by atoms with van der Waals surface area (Å²) in [5, 5.41) is -0.131. The van der Waals surface area contributed by atoms with Crippen molar-refractivity contribution in [2.75, 3.05) is 11.5 Å². The summed E-state index contributed by atoms with van der Waals surface area (Å²) in [4.78, 5) is -0.932. The van der Waals surface area contributed by atoms with E-state index in [9.17, 15) is 25.9 Å². The third-order valence-corrected chi connectivity index (χ3v) is 5.97. The van der Waals surface area contributed by atoms with E-state index in [1.807, 2.05) is 0 Å². The molecule has 0 spiro atoms. The average Bonchev–Trinajstić information content (AvgIpc) is 2.45. The Morgan fingerprint density at radius 2 is 1.00 bits per heavy atom. The molecule has 0 unspecified atom stereocenters. The second-order valence-corrected chi connectivity index (χ2v) is 8.66. The van der Waals surface area contributed by atoms with Crippen LogP contribution in [0.5, 0.6) is 0 Å². The Labute approximate surface area is 177 Å². The first-order valence-electron chi connectivity index (χ1n) is 6.67. The SMILES string of the molecule is Cc1cc(N)cc(S(=O)(=O)[O-])c1Cl.Cc1cc(N)cc(S(=O)(=O)[O-])c1Cl.[Ni+2]. The molecule has 4 N–H and O–H groups in total. The summed E-state index contributed by atoms with van der Waals surface area (Å²) < 4.78 is 64.0. The fourth-order valence-corrected chi connectivity index (χ4v) is 4.00. The predicted molar refractivity (Wildman–Crippen MR) is 97.1 cm³/mol. The fraction of sp³-hybridized carbons (Fsp3) is 0.143. The number of nitrogens with two attached hydrogens (primary N) is 2. The molecular formula is C14H14Cl2N2NiO6S2. The number of nitrogen functional groups attached to an aromatic ring is 2. The van der Waals surface area contributed by atoms with Crippen molar-refractivity contribution in [2.45, 2.75) is 23.6 Å². The van der Waals surface area contributed by atoms with E-state index in [1.165, 1.54) is 12.1 Å². The maximum atomic E-state index is 10.7. The second kappa shape index (κ2) is 9.42. The van der Waals surface area contributed by atoms with Crippen molar-refractivity contribution in [1.82, 2.24) is 0 Å². The smallest absolute Gasteiger partial charge is 0.744 e. The molecule has 0 aliphatic carbocycles. The zero-order valence-electron chi connectivity index (χ0n) is 13.8. The van der Waals surface area contributed by atoms with Gasteiger partial charge in [0, 0.05) is 11.4 Å². The van der Waals surface area contributed by atoms with Crippen LogP contribution in [0.3, 0.4) is 0 Å². The van der Waals surface area contributed by atoms with Crippen LogP contribution in [0, 0.1) is 13.8 Å². The molecule has 0 aliphatic rings. The van der Waals surface area contributed by atoms with Gasteiger partial charge < -0.3 is 20.6 Å². The van der Waals surface area contributed by atoms with Crippen molar-refractivity contribution in [3.05, 3.63) is 45.4 Å². The fourth-order valence-electron chi connectivity index (χ4n) is 1.89. The van der Waals surface area contributed by atoms with Crippen LogP contribution >= 0.6 is 23.2 Å². The van der Waals surface area contributed by atoms with Gasteiger partial charge in [0.2, 0.25) is 0 Å². The second-order valence-electron chi connectivity index (χ2n) is 5.21. The van der Waals surface area contributed by atoms with E-state index in [2.05, 4.69) is 0 Å². The van der Waals surface area contributed by atoms with Gasteiger partial charge in [-0.2, -0.15) is 0 Å². The van der Waals surface area contributed by atoms with Gasteiger partial charge in [0.05, 0.1) is 19.8 Å². The summed E-state index contributed by atoms with van der Waals surface area (Å²) in [6, 6.07) is 5.10. The molecule has 0 saturated carbocycles. The molecule has 0 bridgehead atoms. The number of benzene rings is 2. The molecule has 13 heteroatoms. The van der Waals surface area contributed by atoms with E-state index in [4.69, 9.17) is 34.7 Å². The molecule has 2 aromatic carbocycles. The molecule has 27 heavy (non-hydrogen) atoms. The third-order valence-electron chi connectivity index (χ3n) is 3.03. The van der Waals surface area contributed by atoms with E-state index < -0.39 is 30.0 Å². The zero-order valence-corrected chi connectivity index (χ0v) is 17.9. The minimum Gasteiger partial charge on any atom is -0.744 e. The largest absolute Gasteiger partial charge is 2.00 e. The molecule has 0 aromatic heterocycles. The van der Waals surface area contributed by atoms with Crippen molar-refractivity contribution in [1.29, 1.82) is 0 Å². The monoisotopic (exact) mass is 498 g/mol. The summed E-state index contributed by atoms with van der Waals surface area (Å²) in [6.45, 7) is 3.15. The van der Waals surface area contributed by atoms with E-state index >= 15 is 0 Å². The summed E-state index contributed by atoms with van der Waals surface area (Å²) in [6.07, 6.45) is 0. The molecule has 2 aromatic rings. The maximum Gasteiger partial charge on any atom is 2.00 e. The molecule has 2 rings (SSSR count). The van der Waals surface area contributed by atoms with Crippen LogP contribution in [0.2, 0.25) is 10.0 Å². The van der Waals surface area contributed by atoms with E-state index in [-0.39, 0.29) is 37.9 Å². The van der Waals surface area contributed by atoms with Crippen LogP contribution in [-0.4, -0.2) is 25.9 Å². The van der Waals surface area contributed by atoms with Gasteiger partial charge in [-0.1, -0.05) is 23.2 Å². The molecule has 0 fully saturated rings. The molecule has 8 nitrogen and oxygen atoms in total. The van der Waals surface area contributed by atoms with Crippen LogP contribution in [-0.2, 0) is 36.7 Å². The molecule has 0 aliphatic heterocycles. The molecular weight excluding hydrogens is 486 g/mol. The van der Waals surface area contributed by atoms with Gasteiger partial charge in [-0.25, -0.2) is 16.8 Å². The van der Waals surface area contributed by atoms with E-state index in [1.54, 1.807) is 13.8 Å². The Kier molecular flexibility index (Phi) is 9.05. The van der Waals surface area contributed by atoms with Crippen molar-refractivity contribution in [3.63, 3.8) is 0 Å². The normalized spacial score (nSPS) is 11.2. The first-order chi connectivity index (χ1) is 11.6. The van der Waals surface area contributed by atoms with E-state index in [0.717, 1.165) is 12.1 Å². The van der Waals surface area contributed by atoms with Gasteiger partial charge in [-0.3, -0.25) is 0 Å². The summed E-state index contributed by atoms with van der Waals surface area (Å²) in [7, 11) is -9.08. The number of rotatable bonds is 2. The maximum absolute atomic E-state index is 10.7.